The summed E-state index contributed by atoms with van der Waals surface area (Å²) in [4.78, 5) is 36.3. The van der Waals surface area contributed by atoms with E-state index in [1.165, 1.54) is 32.4 Å². The number of halogens is 1. The maximum atomic E-state index is 12.5. The van der Waals surface area contributed by atoms with Gasteiger partial charge in [-0.2, -0.15) is 4.31 Å². The SMILES string of the molecule is COC(=O)c1cc(NC(=O)CN(Cc2ccc(Cl)cc2)S(C)(=O)=O)cc(C(=O)OC)c1. The third kappa shape index (κ3) is 7.06. The van der Waals surface area contributed by atoms with Gasteiger partial charge in [0.05, 0.1) is 38.1 Å². The maximum Gasteiger partial charge on any atom is 0.337 e. The number of anilines is 1. The van der Waals surface area contributed by atoms with Crippen LogP contribution in [0, 0.1) is 0 Å². The van der Waals surface area contributed by atoms with E-state index in [1.54, 1.807) is 24.3 Å². The molecule has 0 aliphatic heterocycles. The molecule has 2 rings (SSSR count). The minimum atomic E-state index is -3.72. The van der Waals surface area contributed by atoms with Gasteiger partial charge < -0.3 is 14.8 Å². The number of amides is 1. The van der Waals surface area contributed by atoms with Crippen LogP contribution in [0.4, 0.5) is 5.69 Å². The lowest BCUT2D eigenvalue weighted by molar-refractivity contribution is -0.116. The Bertz CT molecular complexity index is 1050. The predicted octanol–water partition coefficient (Wildman–Crippen LogP) is 2.31. The second-order valence-electron chi connectivity index (χ2n) is 6.49. The van der Waals surface area contributed by atoms with Gasteiger partial charge in [-0.15, -0.1) is 0 Å². The molecule has 31 heavy (non-hydrogen) atoms. The Labute approximate surface area is 184 Å². The van der Waals surface area contributed by atoms with Crippen LogP contribution >= 0.6 is 11.6 Å². The van der Waals surface area contributed by atoms with Crippen molar-refractivity contribution in [2.24, 2.45) is 0 Å². The Kier molecular flexibility index (Phi) is 8.14. The molecule has 0 spiro atoms. The van der Waals surface area contributed by atoms with Crippen molar-refractivity contribution in [2.45, 2.75) is 6.54 Å². The molecule has 1 N–H and O–H groups in total. The molecule has 1 amide bonds. The van der Waals surface area contributed by atoms with E-state index in [9.17, 15) is 22.8 Å². The van der Waals surface area contributed by atoms with Crippen molar-refractivity contribution in [3.63, 3.8) is 0 Å². The van der Waals surface area contributed by atoms with Gasteiger partial charge in [0.15, 0.2) is 0 Å². The lowest BCUT2D eigenvalue weighted by Gasteiger charge is -2.20. The quantitative estimate of drug-likeness (QED) is 0.590. The van der Waals surface area contributed by atoms with Crippen molar-refractivity contribution >= 4 is 45.2 Å². The number of hydrogen-bond donors (Lipinski definition) is 1. The molecule has 0 unspecified atom stereocenters. The van der Waals surface area contributed by atoms with E-state index in [-0.39, 0.29) is 23.4 Å². The first-order valence-corrected chi connectivity index (χ1v) is 11.1. The van der Waals surface area contributed by atoms with Crippen LogP contribution in [0.25, 0.3) is 0 Å². The molecule has 0 aliphatic carbocycles. The number of carbonyl (C=O) groups is 3. The maximum absolute atomic E-state index is 12.5. The highest BCUT2D eigenvalue weighted by molar-refractivity contribution is 7.88. The zero-order valence-electron chi connectivity index (χ0n) is 17.0. The average Bonchev–Trinajstić information content (AvgIpc) is 2.72. The van der Waals surface area contributed by atoms with Gasteiger partial charge in [0, 0.05) is 17.3 Å². The van der Waals surface area contributed by atoms with Crippen molar-refractivity contribution in [1.29, 1.82) is 0 Å². The molecule has 0 fully saturated rings. The second kappa shape index (κ2) is 10.4. The van der Waals surface area contributed by atoms with E-state index in [0.717, 1.165) is 10.6 Å². The van der Waals surface area contributed by atoms with Crippen LogP contribution in [0.2, 0.25) is 5.02 Å². The zero-order valence-corrected chi connectivity index (χ0v) is 18.6. The molecule has 2 aromatic carbocycles. The van der Waals surface area contributed by atoms with Gasteiger partial charge in [-0.05, 0) is 35.9 Å². The third-order valence-electron chi connectivity index (χ3n) is 4.12. The largest absolute Gasteiger partial charge is 0.465 e. The van der Waals surface area contributed by atoms with Crippen molar-refractivity contribution in [1.82, 2.24) is 4.31 Å². The molecule has 9 nitrogen and oxygen atoms in total. The molecule has 0 heterocycles. The first-order valence-electron chi connectivity index (χ1n) is 8.84. The van der Waals surface area contributed by atoms with Gasteiger partial charge in [-0.3, -0.25) is 4.79 Å². The first-order chi connectivity index (χ1) is 14.5. The first kappa shape index (κ1) is 24.3. The molecule has 166 valence electrons. The number of carbonyl (C=O) groups excluding carboxylic acids is 3. The topological polar surface area (TPSA) is 119 Å². The van der Waals surface area contributed by atoms with Crippen LogP contribution in [0.15, 0.2) is 42.5 Å². The van der Waals surface area contributed by atoms with Crippen LogP contribution in [0.1, 0.15) is 26.3 Å². The minimum Gasteiger partial charge on any atom is -0.465 e. The Morgan fingerprint density at radius 2 is 1.48 bits per heavy atom. The van der Waals surface area contributed by atoms with Gasteiger partial charge in [0.1, 0.15) is 0 Å². The highest BCUT2D eigenvalue weighted by Gasteiger charge is 2.22. The molecule has 0 aromatic heterocycles. The fraction of sp³-hybridized carbons (Fsp3) is 0.250. The van der Waals surface area contributed by atoms with E-state index in [1.807, 2.05) is 0 Å². The Balaban J connectivity index is 2.24. The van der Waals surface area contributed by atoms with Crippen molar-refractivity contribution in [3.8, 4) is 0 Å². The molecule has 0 bridgehead atoms. The highest BCUT2D eigenvalue weighted by atomic mass is 35.5. The van der Waals surface area contributed by atoms with Crippen LogP contribution in [0.3, 0.4) is 0 Å². The summed E-state index contributed by atoms with van der Waals surface area (Å²) in [5, 5.41) is 3.00. The number of rotatable bonds is 8. The van der Waals surface area contributed by atoms with Gasteiger partial charge in [0.25, 0.3) is 0 Å². The van der Waals surface area contributed by atoms with Crippen molar-refractivity contribution in [3.05, 3.63) is 64.2 Å². The normalized spacial score (nSPS) is 11.1. The summed E-state index contributed by atoms with van der Waals surface area (Å²) in [6, 6.07) is 10.4. The molecule has 2 aromatic rings. The molecule has 0 radical (unpaired) electrons. The number of ether oxygens (including phenoxy) is 2. The van der Waals surface area contributed by atoms with Crippen LogP contribution in [-0.2, 0) is 30.8 Å². The molecule has 0 aliphatic rings. The standard InChI is InChI=1S/C20H21ClN2O7S/c1-29-19(25)14-8-15(20(26)30-2)10-17(9-14)22-18(24)12-23(31(3,27)28)11-13-4-6-16(21)7-5-13/h4-10H,11-12H2,1-3H3,(H,22,24). The van der Waals surface area contributed by atoms with Gasteiger partial charge in [-0.1, -0.05) is 23.7 Å². The third-order valence-corrected chi connectivity index (χ3v) is 5.57. The van der Waals surface area contributed by atoms with Gasteiger partial charge in [-0.25, -0.2) is 18.0 Å². The second-order valence-corrected chi connectivity index (χ2v) is 8.91. The Morgan fingerprint density at radius 1 is 0.968 bits per heavy atom. The van der Waals surface area contributed by atoms with Crippen molar-refractivity contribution in [2.75, 3.05) is 32.3 Å². The number of hydrogen-bond acceptors (Lipinski definition) is 7. The van der Waals surface area contributed by atoms with Crippen LogP contribution in [-0.4, -0.2) is 57.6 Å². The lowest BCUT2D eigenvalue weighted by Crippen LogP contribution is -2.37. The summed E-state index contributed by atoms with van der Waals surface area (Å²) in [5.74, 6) is -2.11. The summed E-state index contributed by atoms with van der Waals surface area (Å²) in [6.45, 7) is -0.531. The number of nitrogens with zero attached hydrogens (tertiary/aromatic N) is 1. The Hall–Kier alpha value is -2.95. The number of sulfonamides is 1. The summed E-state index contributed by atoms with van der Waals surface area (Å²) in [6.07, 6.45) is 0.990. The highest BCUT2D eigenvalue weighted by Crippen LogP contribution is 2.18. The number of esters is 2. The number of nitrogens with one attached hydrogen (secondary N) is 1. The average molecular weight is 469 g/mol. The lowest BCUT2D eigenvalue weighted by atomic mass is 10.1. The minimum absolute atomic E-state index is 0.0156. The number of methoxy groups -OCH3 is 2. The monoisotopic (exact) mass is 468 g/mol. The Morgan fingerprint density at radius 3 is 1.94 bits per heavy atom. The molecule has 0 atom stereocenters. The summed E-state index contributed by atoms with van der Waals surface area (Å²) < 4.78 is 34.6. The molecule has 0 saturated carbocycles. The molecule has 11 heteroatoms. The van der Waals surface area contributed by atoms with Crippen molar-refractivity contribution < 1.29 is 32.3 Å². The van der Waals surface area contributed by atoms with E-state index >= 15 is 0 Å². The van der Waals surface area contributed by atoms with E-state index in [0.29, 0.717) is 10.6 Å². The fourth-order valence-electron chi connectivity index (χ4n) is 2.62. The van der Waals surface area contributed by atoms with Crippen LogP contribution in [0.5, 0.6) is 0 Å². The van der Waals surface area contributed by atoms with Crippen LogP contribution < -0.4 is 5.32 Å². The molecular weight excluding hydrogens is 448 g/mol. The van der Waals surface area contributed by atoms with Gasteiger partial charge >= 0.3 is 11.9 Å². The predicted molar refractivity (Wildman–Crippen MR) is 114 cm³/mol. The zero-order chi connectivity index (χ0) is 23.2. The van der Waals surface area contributed by atoms with E-state index < -0.39 is 34.4 Å². The fourth-order valence-corrected chi connectivity index (χ4v) is 3.48. The number of benzene rings is 2. The smallest absolute Gasteiger partial charge is 0.337 e. The van der Waals surface area contributed by atoms with E-state index in [4.69, 9.17) is 11.6 Å². The van der Waals surface area contributed by atoms with Gasteiger partial charge in [0.2, 0.25) is 15.9 Å². The summed E-state index contributed by atoms with van der Waals surface area (Å²) in [7, 11) is -1.37. The molecular formula is C20H21ClN2O7S. The molecule has 0 saturated heterocycles. The summed E-state index contributed by atoms with van der Waals surface area (Å²) >= 11 is 5.84. The summed E-state index contributed by atoms with van der Waals surface area (Å²) in [5.41, 5.74) is 0.778. The van der Waals surface area contributed by atoms with E-state index in [2.05, 4.69) is 14.8 Å².